The Morgan fingerprint density at radius 3 is 2.79 bits per heavy atom. The molecule has 2 atom stereocenters. The molecule has 1 aromatic rings. The van der Waals surface area contributed by atoms with E-state index in [4.69, 9.17) is 0 Å². The molecule has 19 heavy (non-hydrogen) atoms. The number of hydrogen-bond acceptors (Lipinski definition) is 4. The van der Waals surface area contributed by atoms with Crippen LogP contribution in [0.1, 0.15) is 43.6 Å². The number of rotatable bonds is 5. The van der Waals surface area contributed by atoms with Crippen molar-refractivity contribution in [2.75, 3.05) is 18.4 Å². The zero-order valence-electron chi connectivity index (χ0n) is 11.6. The van der Waals surface area contributed by atoms with E-state index in [0.29, 0.717) is 12.2 Å². The molecule has 5 heteroatoms. The van der Waals surface area contributed by atoms with Crippen LogP contribution in [0.2, 0.25) is 0 Å². The van der Waals surface area contributed by atoms with Gasteiger partial charge in [-0.15, -0.1) is 10.2 Å². The maximum Gasteiger partial charge on any atom is 0.271 e. The third kappa shape index (κ3) is 3.66. The first-order chi connectivity index (χ1) is 9.20. The molecular weight excluding hydrogens is 240 g/mol. The third-order valence-electron chi connectivity index (χ3n) is 3.82. The van der Waals surface area contributed by atoms with E-state index in [1.54, 1.807) is 6.07 Å². The molecule has 5 nitrogen and oxygen atoms in total. The minimum atomic E-state index is -0.175. The van der Waals surface area contributed by atoms with Gasteiger partial charge in [-0.2, -0.15) is 0 Å². The van der Waals surface area contributed by atoms with Crippen molar-refractivity contribution in [3.8, 4) is 0 Å². The van der Waals surface area contributed by atoms with Crippen LogP contribution >= 0.6 is 0 Å². The Morgan fingerprint density at radius 1 is 1.37 bits per heavy atom. The highest BCUT2D eigenvalue weighted by Crippen LogP contribution is 2.30. The quantitative estimate of drug-likeness (QED) is 0.852. The minimum Gasteiger partial charge on any atom is -0.368 e. The first kappa shape index (κ1) is 13.8. The van der Waals surface area contributed by atoms with Gasteiger partial charge in [0.2, 0.25) is 0 Å². The Morgan fingerprint density at radius 2 is 2.21 bits per heavy atom. The summed E-state index contributed by atoms with van der Waals surface area (Å²) in [6.07, 6.45) is 3.95. The summed E-state index contributed by atoms with van der Waals surface area (Å²) >= 11 is 0. The van der Waals surface area contributed by atoms with Gasteiger partial charge in [0, 0.05) is 13.1 Å². The Labute approximate surface area is 114 Å². The van der Waals surface area contributed by atoms with Crippen LogP contribution in [-0.4, -0.2) is 29.2 Å². The molecule has 0 bridgehead atoms. The van der Waals surface area contributed by atoms with Crippen molar-refractivity contribution in [3.05, 3.63) is 17.8 Å². The van der Waals surface area contributed by atoms with Gasteiger partial charge < -0.3 is 10.6 Å². The van der Waals surface area contributed by atoms with Crippen LogP contribution in [0.4, 0.5) is 5.82 Å². The Balaban J connectivity index is 1.86. The van der Waals surface area contributed by atoms with E-state index >= 15 is 0 Å². The second-order valence-corrected chi connectivity index (χ2v) is 5.21. The Bertz CT molecular complexity index is 418. The van der Waals surface area contributed by atoms with Crippen LogP contribution in [0.3, 0.4) is 0 Å². The van der Waals surface area contributed by atoms with E-state index in [1.165, 1.54) is 19.3 Å². The predicted molar refractivity (Wildman–Crippen MR) is 75.0 cm³/mol. The van der Waals surface area contributed by atoms with Crippen molar-refractivity contribution in [1.82, 2.24) is 15.5 Å². The maximum atomic E-state index is 11.5. The van der Waals surface area contributed by atoms with Crippen LogP contribution < -0.4 is 10.6 Å². The number of amides is 1. The van der Waals surface area contributed by atoms with Gasteiger partial charge in [-0.05, 0) is 37.3 Å². The number of carbonyl (C=O) groups excluding carboxylic acids is 1. The van der Waals surface area contributed by atoms with Crippen LogP contribution in [0.5, 0.6) is 0 Å². The number of nitrogens with zero attached hydrogens (tertiary/aromatic N) is 2. The van der Waals surface area contributed by atoms with Crippen molar-refractivity contribution in [2.24, 2.45) is 11.8 Å². The van der Waals surface area contributed by atoms with Crippen LogP contribution in [-0.2, 0) is 0 Å². The molecule has 1 aromatic heterocycles. The van der Waals surface area contributed by atoms with Gasteiger partial charge in [0.25, 0.3) is 5.91 Å². The highest BCUT2D eigenvalue weighted by Gasteiger charge is 2.22. The summed E-state index contributed by atoms with van der Waals surface area (Å²) in [5.41, 5.74) is 0.363. The number of carbonyl (C=O) groups is 1. The molecule has 104 valence electrons. The summed E-state index contributed by atoms with van der Waals surface area (Å²) in [6.45, 7) is 5.73. The largest absolute Gasteiger partial charge is 0.368 e. The lowest BCUT2D eigenvalue weighted by molar-refractivity contribution is 0.0950. The monoisotopic (exact) mass is 262 g/mol. The molecule has 2 N–H and O–H groups in total. The second-order valence-electron chi connectivity index (χ2n) is 5.21. The predicted octanol–water partition coefficient (Wildman–Crippen LogP) is 2.07. The lowest BCUT2D eigenvalue weighted by atomic mass is 9.98. The second kappa shape index (κ2) is 6.50. The van der Waals surface area contributed by atoms with E-state index in [-0.39, 0.29) is 5.91 Å². The third-order valence-corrected chi connectivity index (χ3v) is 3.82. The minimum absolute atomic E-state index is 0.175. The van der Waals surface area contributed by atoms with E-state index < -0.39 is 0 Å². The molecular formula is C14H22N4O. The van der Waals surface area contributed by atoms with Crippen LogP contribution in [0.15, 0.2) is 12.1 Å². The van der Waals surface area contributed by atoms with Gasteiger partial charge in [-0.1, -0.05) is 19.8 Å². The summed E-state index contributed by atoms with van der Waals surface area (Å²) in [5.74, 6) is 2.08. The van der Waals surface area contributed by atoms with Gasteiger partial charge in [0.15, 0.2) is 5.69 Å². The van der Waals surface area contributed by atoms with E-state index in [2.05, 4.69) is 27.8 Å². The molecule has 0 aliphatic heterocycles. The zero-order valence-corrected chi connectivity index (χ0v) is 11.6. The topological polar surface area (TPSA) is 66.9 Å². The van der Waals surface area contributed by atoms with Gasteiger partial charge in [0.05, 0.1) is 0 Å². The molecule has 0 radical (unpaired) electrons. The van der Waals surface area contributed by atoms with Crippen molar-refractivity contribution in [3.63, 3.8) is 0 Å². The van der Waals surface area contributed by atoms with Crippen molar-refractivity contribution < 1.29 is 4.79 Å². The summed E-state index contributed by atoms with van der Waals surface area (Å²) in [7, 11) is 0. The lowest BCUT2D eigenvalue weighted by Gasteiger charge is -2.15. The zero-order chi connectivity index (χ0) is 13.7. The fourth-order valence-electron chi connectivity index (χ4n) is 2.56. The maximum absolute atomic E-state index is 11.5. The summed E-state index contributed by atoms with van der Waals surface area (Å²) in [6, 6.07) is 3.52. The number of anilines is 1. The van der Waals surface area contributed by atoms with Gasteiger partial charge in [0.1, 0.15) is 5.82 Å². The highest BCUT2D eigenvalue weighted by molar-refractivity contribution is 5.92. The normalized spacial score (nSPS) is 22.2. The van der Waals surface area contributed by atoms with E-state index in [9.17, 15) is 4.79 Å². The van der Waals surface area contributed by atoms with E-state index in [0.717, 1.165) is 24.2 Å². The van der Waals surface area contributed by atoms with E-state index in [1.807, 2.05) is 13.0 Å². The first-order valence-corrected chi connectivity index (χ1v) is 7.06. The summed E-state index contributed by atoms with van der Waals surface area (Å²) < 4.78 is 0. The summed E-state index contributed by atoms with van der Waals surface area (Å²) in [5, 5.41) is 14.0. The SMILES string of the molecule is CCNC(=O)c1ccc(NCC2CCCC2C)nn1. The van der Waals surface area contributed by atoms with Crippen molar-refractivity contribution >= 4 is 11.7 Å². The number of hydrogen-bond donors (Lipinski definition) is 2. The molecule has 2 unspecified atom stereocenters. The molecule has 1 heterocycles. The Kier molecular flexibility index (Phi) is 4.71. The van der Waals surface area contributed by atoms with Crippen LogP contribution in [0, 0.1) is 11.8 Å². The Hall–Kier alpha value is -1.65. The van der Waals surface area contributed by atoms with Crippen molar-refractivity contribution in [2.45, 2.75) is 33.1 Å². The van der Waals surface area contributed by atoms with Gasteiger partial charge in [-0.25, -0.2) is 0 Å². The van der Waals surface area contributed by atoms with Crippen LogP contribution in [0.25, 0.3) is 0 Å². The standard InChI is InChI=1S/C14H22N4O/c1-3-15-14(19)12-7-8-13(18-17-12)16-9-11-6-4-5-10(11)2/h7-8,10-11H,3-6,9H2,1-2H3,(H,15,19)(H,16,18). The molecule has 1 saturated carbocycles. The highest BCUT2D eigenvalue weighted by atomic mass is 16.1. The fraction of sp³-hybridized carbons (Fsp3) is 0.643. The average molecular weight is 262 g/mol. The van der Waals surface area contributed by atoms with Gasteiger partial charge in [-0.3, -0.25) is 4.79 Å². The smallest absolute Gasteiger partial charge is 0.271 e. The first-order valence-electron chi connectivity index (χ1n) is 7.06. The molecule has 1 aliphatic rings. The molecule has 1 aliphatic carbocycles. The number of nitrogens with one attached hydrogen (secondary N) is 2. The summed E-state index contributed by atoms with van der Waals surface area (Å²) in [4.78, 5) is 11.5. The lowest BCUT2D eigenvalue weighted by Crippen LogP contribution is -2.24. The average Bonchev–Trinajstić information content (AvgIpc) is 2.83. The van der Waals surface area contributed by atoms with Gasteiger partial charge >= 0.3 is 0 Å². The fourth-order valence-corrected chi connectivity index (χ4v) is 2.56. The molecule has 2 rings (SSSR count). The molecule has 0 aromatic carbocycles. The number of aromatic nitrogens is 2. The molecule has 0 spiro atoms. The molecule has 1 fully saturated rings. The van der Waals surface area contributed by atoms with Crippen molar-refractivity contribution in [1.29, 1.82) is 0 Å². The molecule has 0 saturated heterocycles. The molecule has 1 amide bonds.